The topological polar surface area (TPSA) is 88.3 Å². The van der Waals surface area contributed by atoms with Crippen LogP contribution in [0.1, 0.15) is 20.9 Å². The smallest absolute Gasteiger partial charge is 0.286 e. The molecule has 0 spiro atoms. The number of hydrogen-bond acceptors (Lipinski definition) is 7. The number of hydrogen-bond donors (Lipinski definition) is 1. The molecule has 0 fully saturated rings. The lowest BCUT2D eigenvalue weighted by atomic mass is 10.1. The van der Waals surface area contributed by atoms with Crippen LogP contribution in [0.15, 0.2) is 51.9 Å². The van der Waals surface area contributed by atoms with Crippen molar-refractivity contribution in [2.24, 2.45) is 0 Å². The molecule has 0 unspecified atom stereocenters. The van der Waals surface area contributed by atoms with Crippen LogP contribution in [0.2, 0.25) is 0 Å². The largest absolute Gasteiger partial charge is 0.339 e. The number of thiophene rings is 1. The predicted octanol–water partition coefficient (Wildman–Crippen LogP) is 5.59. The van der Waals surface area contributed by atoms with E-state index in [4.69, 9.17) is 4.52 Å². The summed E-state index contributed by atoms with van der Waals surface area (Å²) in [4.78, 5) is 34.3. The fraction of sp³-hybridized carbons (Fsp3) is 0.182. The first kappa shape index (κ1) is 21.1. The Labute approximate surface area is 187 Å². The van der Waals surface area contributed by atoms with E-state index in [9.17, 15) is 9.59 Å². The second kappa shape index (κ2) is 8.52. The maximum atomic E-state index is 13.3. The molecule has 9 heteroatoms. The van der Waals surface area contributed by atoms with Gasteiger partial charge in [-0.05, 0) is 55.9 Å². The van der Waals surface area contributed by atoms with Gasteiger partial charge in [-0.2, -0.15) is 0 Å². The van der Waals surface area contributed by atoms with Crippen molar-refractivity contribution >= 4 is 51.0 Å². The first-order valence-corrected chi connectivity index (χ1v) is 11.1. The number of para-hydroxylation sites is 1. The summed E-state index contributed by atoms with van der Waals surface area (Å²) in [6, 6.07) is 12.9. The summed E-state index contributed by atoms with van der Waals surface area (Å²) in [6.45, 7) is 3.79. The minimum Gasteiger partial charge on any atom is -0.339 e. The Morgan fingerprint density at radius 2 is 1.90 bits per heavy atom. The molecule has 4 aromatic rings. The van der Waals surface area contributed by atoms with Crippen molar-refractivity contribution in [3.63, 3.8) is 0 Å². The number of carbonyl (C=O) groups is 2. The molecule has 4 rings (SSSR count). The highest BCUT2D eigenvalue weighted by molar-refractivity contribution is 8.13. The van der Waals surface area contributed by atoms with Gasteiger partial charge in [-0.3, -0.25) is 9.59 Å². The van der Waals surface area contributed by atoms with Gasteiger partial charge in [-0.25, -0.2) is 4.98 Å². The third-order valence-corrected chi connectivity index (χ3v) is 6.69. The van der Waals surface area contributed by atoms with Crippen LogP contribution < -0.4 is 5.32 Å². The lowest BCUT2D eigenvalue weighted by Crippen LogP contribution is -2.17. The number of anilines is 1. The quantitative estimate of drug-likeness (QED) is 0.406. The van der Waals surface area contributed by atoms with E-state index in [-0.39, 0.29) is 11.1 Å². The highest BCUT2D eigenvalue weighted by atomic mass is 32.2. The molecule has 0 saturated heterocycles. The van der Waals surface area contributed by atoms with Crippen LogP contribution in [0, 0.1) is 13.8 Å². The summed E-state index contributed by atoms with van der Waals surface area (Å²) in [5.74, 6) is -0.321. The van der Waals surface area contributed by atoms with Crippen molar-refractivity contribution in [2.45, 2.75) is 18.7 Å². The van der Waals surface area contributed by atoms with Crippen LogP contribution in [0.4, 0.5) is 10.5 Å². The van der Waals surface area contributed by atoms with Crippen LogP contribution >= 0.6 is 23.1 Å². The Morgan fingerprint density at radius 3 is 2.61 bits per heavy atom. The zero-order chi connectivity index (χ0) is 22.1. The SMILES string of the molecule is Cc1ccc(-c2cc(C(=O)Nc3ccccc3SC(=O)N(C)C)c3c(C)noc3n2)s1. The highest BCUT2D eigenvalue weighted by Crippen LogP contribution is 2.33. The number of pyridine rings is 1. The van der Waals surface area contributed by atoms with E-state index < -0.39 is 0 Å². The number of benzene rings is 1. The molecule has 0 aliphatic heterocycles. The monoisotopic (exact) mass is 452 g/mol. The highest BCUT2D eigenvalue weighted by Gasteiger charge is 2.21. The van der Waals surface area contributed by atoms with Crippen molar-refractivity contribution < 1.29 is 14.1 Å². The Kier molecular flexibility index (Phi) is 5.79. The molecule has 0 aliphatic carbocycles. The van der Waals surface area contributed by atoms with Gasteiger partial charge >= 0.3 is 0 Å². The van der Waals surface area contributed by atoms with Crippen molar-refractivity contribution in [2.75, 3.05) is 19.4 Å². The summed E-state index contributed by atoms with van der Waals surface area (Å²) < 4.78 is 5.37. The summed E-state index contributed by atoms with van der Waals surface area (Å²) >= 11 is 2.65. The minimum atomic E-state index is -0.321. The van der Waals surface area contributed by atoms with Gasteiger partial charge in [-0.1, -0.05) is 17.3 Å². The molecule has 0 atom stereocenters. The third kappa shape index (κ3) is 4.33. The molecule has 0 radical (unpaired) electrons. The average Bonchev–Trinajstić information content (AvgIpc) is 3.34. The van der Waals surface area contributed by atoms with E-state index in [2.05, 4.69) is 15.5 Å². The molecular weight excluding hydrogens is 432 g/mol. The summed E-state index contributed by atoms with van der Waals surface area (Å²) in [7, 11) is 3.37. The molecule has 0 bridgehead atoms. The molecule has 31 heavy (non-hydrogen) atoms. The van der Waals surface area contributed by atoms with Gasteiger partial charge in [0.05, 0.1) is 32.9 Å². The second-order valence-corrected chi connectivity index (χ2v) is 9.41. The molecule has 1 N–H and O–H groups in total. The number of nitrogens with zero attached hydrogens (tertiary/aromatic N) is 3. The Bertz CT molecular complexity index is 1290. The van der Waals surface area contributed by atoms with Crippen LogP contribution in [-0.4, -0.2) is 40.3 Å². The third-order valence-electron chi connectivity index (χ3n) is 4.55. The van der Waals surface area contributed by atoms with Crippen molar-refractivity contribution in [3.8, 4) is 10.6 Å². The van der Waals surface area contributed by atoms with Crippen molar-refractivity contribution in [1.82, 2.24) is 15.0 Å². The molecule has 0 saturated carbocycles. The van der Waals surface area contributed by atoms with Crippen molar-refractivity contribution in [1.29, 1.82) is 0 Å². The lowest BCUT2D eigenvalue weighted by Gasteiger charge is -2.13. The van der Waals surface area contributed by atoms with Crippen LogP contribution in [0.3, 0.4) is 0 Å². The Hall–Kier alpha value is -3.17. The van der Waals surface area contributed by atoms with Crippen LogP contribution in [0.5, 0.6) is 0 Å². The second-order valence-electron chi connectivity index (χ2n) is 7.13. The Morgan fingerprint density at radius 1 is 1.13 bits per heavy atom. The van der Waals surface area contributed by atoms with E-state index in [1.165, 1.54) is 4.90 Å². The standard InChI is InChI=1S/C22H20N4O3S2/c1-12-9-10-18(30-12)16-11-14(19-13(2)25-29-21(19)24-16)20(27)23-15-7-5-6-8-17(15)31-22(28)26(3)4/h5-11H,1-4H3,(H,23,27). The normalized spacial score (nSPS) is 11.0. The molecule has 158 valence electrons. The first-order chi connectivity index (χ1) is 14.8. The summed E-state index contributed by atoms with van der Waals surface area (Å²) in [5, 5.41) is 7.38. The zero-order valence-corrected chi connectivity index (χ0v) is 19.1. The van der Waals surface area contributed by atoms with E-state index in [0.717, 1.165) is 21.5 Å². The molecule has 3 aromatic heterocycles. The van der Waals surface area contributed by atoms with E-state index in [0.29, 0.717) is 38.6 Å². The number of fused-ring (bicyclic) bond motifs is 1. The summed E-state index contributed by atoms with van der Waals surface area (Å²) in [5.41, 5.74) is 2.53. The van der Waals surface area contributed by atoms with Gasteiger partial charge < -0.3 is 14.7 Å². The van der Waals surface area contributed by atoms with Gasteiger partial charge in [0.2, 0.25) is 0 Å². The minimum absolute atomic E-state index is 0.127. The maximum Gasteiger partial charge on any atom is 0.286 e. The van der Waals surface area contributed by atoms with Gasteiger partial charge in [0.15, 0.2) is 0 Å². The number of thioether (sulfide) groups is 1. The maximum absolute atomic E-state index is 13.3. The van der Waals surface area contributed by atoms with Crippen LogP contribution in [-0.2, 0) is 0 Å². The zero-order valence-electron chi connectivity index (χ0n) is 17.4. The molecule has 3 heterocycles. The number of nitrogens with one attached hydrogen (secondary N) is 1. The number of amides is 2. The molecule has 0 aliphatic rings. The summed E-state index contributed by atoms with van der Waals surface area (Å²) in [6.07, 6.45) is 0. The van der Waals surface area contributed by atoms with Crippen molar-refractivity contribution in [3.05, 3.63) is 58.6 Å². The first-order valence-electron chi connectivity index (χ1n) is 9.47. The van der Waals surface area contributed by atoms with Crippen LogP contribution in [0.25, 0.3) is 21.7 Å². The predicted molar refractivity (Wildman–Crippen MR) is 124 cm³/mol. The Balaban J connectivity index is 1.73. The van der Waals surface area contributed by atoms with E-state index in [1.807, 2.05) is 31.2 Å². The van der Waals surface area contributed by atoms with Gasteiger partial charge in [0.1, 0.15) is 0 Å². The fourth-order valence-electron chi connectivity index (χ4n) is 3.01. The number of aromatic nitrogens is 2. The molecule has 2 amide bonds. The average molecular weight is 453 g/mol. The van der Waals surface area contributed by atoms with E-state index >= 15 is 0 Å². The number of carbonyl (C=O) groups excluding carboxylic acids is 2. The number of rotatable bonds is 4. The molecule has 1 aromatic carbocycles. The molecule has 7 nitrogen and oxygen atoms in total. The van der Waals surface area contributed by atoms with E-state index in [1.54, 1.807) is 50.6 Å². The molecular formula is C22H20N4O3S2. The fourth-order valence-corrected chi connectivity index (χ4v) is 4.58. The number of aryl methyl sites for hydroxylation is 2. The van der Waals surface area contributed by atoms with Gasteiger partial charge in [-0.15, -0.1) is 11.3 Å². The van der Waals surface area contributed by atoms with Gasteiger partial charge in [0.25, 0.3) is 16.9 Å². The van der Waals surface area contributed by atoms with Gasteiger partial charge in [0, 0.05) is 23.9 Å². The lowest BCUT2D eigenvalue weighted by molar-refractivity contribution is 0.102.